The Bertz CT molecular complexity index is 1520. The van der Waals surface area contributed by atoms with E-state index in [1.807, 2.05) is 72.8 Å². The smallest absolute Gasteiger partial charge is 0.149 e. The molecule has 4 nitrogen and oxygen atoms in total. The van der Waals surface area contributed by atoms with Crippen LogP contribution in [-0.4, -0.2) is 9.97 Å². The Hall–Kier alpha value is -3.79. The lowest BCUT2D eigenvalue weighted by molar-refractivity contribution is 0.468. The lowest BCUT2D eigenvalue weighted by Crippen LogP contribution is -2.35. The second-order valence-electron chi connectivity index (χ2n) is 8.16. The summed E-state index contributed by atoms with van der Waals surface area (Å²) in [6, 6.07) is 27.6. The lowest BCUT2D eigenvalue weighted by Gasteiger charge is -2.38. The summed E-state index contributed by atoms with van der Waals surface area (Å²) in [5, 5.41) is 3.02. The van der Waals surface area contributed by atoms with E-state index < -0.39 is 6.04 Å². The van der Waals surface area contributed by atoms with E-state index in [-0.39, 0.29) is 0 Å². The van der Waals surface area contributed by atoms with Gasteiger partial charge in [0.05, 0.1) is 22.7 Å². The zero-order valence-corrected chi connectivity index (χ0v) is 19.6. The molecule has 0 saturated heterocycles. The minimum Gasteiger partial charge on any atom is -0.455 e. The molecular formula is C28H17N2O2PS. The number of benzene rings is 3. The number of nitrogens with zero attached hydrogens (tertiary/aromatic N) is 2. The molecule has 2 aromatic heterocycles. The number of rotatable bonds is 2. The molecule has 34 heavy (non-hydrogen) atoms. The molecule has 2 aliphatic heterocycles. The normalized spacial score (nSPS) is 14.1. The number of hydrogen-bond acceptors (Lipinski definition) is 5. The minimum atomic E-state index is -2.48. The van der Waals surface area contributed by atoms with E-state index >= 15 is 0 Å². The largest absolute Gasteiger partial charge is 0.455 e. The van der Waals surface area contributed by atoms with Gasteiger partial charge >= 0.3 is 0 Å². The number of aromatic nitrogens is 2. The first-order chi connectivity index (χ1) is 16.7. The average molecular weight is 476 g/mol. The Morgan fingerprint density at radius 3 is 1.53 bits per heavy atom. The number of pyridine rings is 2. The van der Waals surface area contributed by atoms with E-state index in [9.17, 15) is 0 Å². The standard InChI is InChI=1S/C28H17N2O2PS/c34-33-24-13-3-1-11-22(24)31-26-18(20-9-5-7-15-29-20)17-19(21-10-6-8-16-30-21)27(28(26)33)32-23-12-2-4-14-25(23)33/h1-17H. The Morgan fingerprint density at radius 2 is 1.06 bits per heavy atom. The van der Waals surface area contributed by atoms with Crippen LogP contribution < -0.4 is 25.4 Å². The van der Waals surface area contributed by atoms with E-state index in [2.05, 4.69) is 28.2 Å². The fourth-order valence-corrected chi connectivity index (χ4v) is 9.25. The minimum absolute atomic E-state index is 0.727. The van der Waals surface area contributed by atoms with E-state index in [0.29, 0.717) is 0 Å². The zero-order chi connectivity index (χ0) is 22.7. The third kappa shape index (κ3) is 2.68. The Morgan fingerprint density at radius 1 is 0.588 bits per heavy atom. The maximum Gasteiger partial charge on any atom is 0.149 e. The highest BCUT2D eigenvalue weighted by Gasteiger charge is 2.44. The Labute approximate surface area is 201 Å². The number of ether oxygens (including phenoxy) is 2. The van der Waals surface area contributed by atoms with Crippen molar-refractivity contribution >= 4 is 33.8 Å². The number of hydrogen-bond donors (Lipinski definition) is 0. The predicted molar refractivity (Wildman–Crippen MR) is 139 cm³/mol. The molecule has 162 valence electrons. The monoisotopic (exact) mass is 476 g/mol. The van der Waals surface area contributed by atoms with Gasteiger partial charge in [-0.25, -0.2) is 0 Å². The van der Waals surface area contributed by atoms with Crippen molar-refractivity contribution in [3.05, 3.63) is 103 Å². The van der Waals surface area contributed by atoms with Crippen LogP contribution in [-0.2, 0) is 11.8 Å². The van der Waals surface area contributed by atoms with Gasteiger partial charge in [0.15, 0.2) is 0 Å². The van der Waals surface area contributed by atoms with Gasteiger partial charge < -0.3 is 9.47 Å². The molecule has 0 unspecified atom stereocenters. The maximum absolute atomic E-state index is 6.69. The van der Waals surface area contributed by atoms with E-state index in [0.717, 1.165) is 61.4 Å². The van der Waals surface area contributed by atoms with E-state index in [4.69, 9.17) is 21.3 Å². The zero-order valence-electron chi connectivity index (χ0n) is 17.9. The molecule has 6 heteroatoms. The van der Waals surface area contributed by atoms with Crippen molar-refractivity contribution in [3.8, 4) is 45.5 Å². The van der Waals surface area contributed by atoms with Crippen molar-refractivity contribution in [1.29, 1.82) is 0 Å². The summed E-state index contributed by atoms with van der Waals surface area (Å²) >= 11 is 6.69. The fraction of sp³-hybridized carbons (Fsp3) is 0. The van der Waals surface area contributed by atoms with Crippen LogP contribution in [0.1, 0.15) is 0 Å². The maximum atomic E-state index is 6.69. The summed E-state index contributed by atoms with van der Waals surface area (Å²) in [5.74, 6) is 3.04. The van der Waals surface area contributed by atoms with E-state index in [1.165, 1.54) is 0 Å². The van der Waals surface area contributed by atoms with Gasteiger partial charge in [-0.3, -0.25) is 9.97 Å². The highest BCUT2D eigenvalue weighted by molar-refractivity contribution is 8.26. The molecule has 5 aromatic rings. The van der Waals surface area contributed by atoms with Gasteiger partial charge in [0.1, 0.15) is 23.0 Å². The molecule has 0 saturated carbocycles. The molecule has 0 radical (unpaired) electrons. The first-order valence-electron chi connectivity index (χ1n) is 10.9. The van der Waals surface area contributed by atoms with Crippen LogP contribution in [0.3, 0.4) is 0 Å². The molecule has 0 fully saturated rings. The van der Waals surface area contributed by atoms with Crippen molar-refractivity contribution < 1.29 is 9.47 Å². The molecule has 7 rings (SSSR count). The summed E-state index contributed by atoms with van der Waals surface area (Å²) in [5.41, 5.74) is 3.40. The molecule has 0 aliphatic carbocycles. The Balaban J connectivity index is 1.66. The van der Waals surface area contributed by atoms with Crippen molar-refractivity contribution in [2.24, 2.45) is 0 Å². The molecule has 0 spiro atoms. The third-order valence-electron chi connectivity index (χ3n) is 6.24. The summed E-state index contributed by atoms with van der Waals surface area (Å²) < 4.78 is 13.2. The topological polar surface area (TPSA) is 44.2 Å². The SMILES string of the molecule is S=P12c3ccccc3Oc3c(-c4ccccn4)cc(-c4ccccn4)c(c31)Oc1ccccc12. The van der Waals surface area contributed by atoms with Crippen LogP contribution in [0.5, 0.6) is 23.0 Å². The number of para-hydroxylation sites is 2. The molecule has 0 amide bonds. The van der Waals surface area contributed by atoms with Gasteiger partial charge in [-0.2, -0.15) is 0 Å². The molecule has 0 atom stereocenters. The van der Waals surface area contributed by atoms with Crippen LogP contribution >= 0.6 is 6.04 Å². The first kappa shape index (κ1) is 19.7. The molecule has 3 aromatic carbocycles. The highest BCUT2D eigenvalue weighted by atomic mass is 32.4. The molecular weight excluding hydrogens is 459 g/mol. The van der Waals surface area contributed by atoms with Gasteiger partial charge in [0.2, 0.25) is 0 Å². The molecule has 4 heterocycles. The Kier molecular flexibility index (Phi) is 4.25. The van der Waals surface area contributed by atoms with Gasteiger partial charge in [-0.15, -0.1) is 0 Å². The molecule has 2 aliphatic rings. The fourth-order valence-electron chi connectivity index (χ4n) is 4.75. The molecule has 0 bridgehead atoms. The first-order valence-corrected chi connectivity index (χ1v) is 13.7. The van der Waals surface area contributed by atoms with Crippen molar-refractivity contribution in [3.63, 3.8) is 0 Å². The molecule has 0 N–H and O–H groups in total. The van der Waals surface area contributed by atoms with Crippen LogP contribution in [0.2, 0.25) is 0 Å². The van der Waals surface area contributed by atoms with Crippen molar-refractivity contribution in [1.82, 2.24) is 9.97 Å². The van der Waals surface area contributed by atoms with Crippen LogP contribution in [0.15, 0.2) is 103 Å². The highest BCUT2D eigenvalue weighted by Crippen LogP contribution is 2.61. The third-order valence-corrected chi connectivity index (χ3v) is 11.1. The second kappa shape index (κ2) is 7.36. The quantitative estimate of drug-likeness (QED) is 0.296. The van der Waals surface area contributed by atoms with Gasteiger partial charge in [0.25, 0.3) is 0 Å². The van der Waals surface area contributed by atoms with Crippen LogP contribution in [0.4, 0.5) is 0 Å². The van der Waals surface area contributed by atoms with Gasteiger partial charge in [-0.1, -0.05) is 48.2 Å². The van der Waals surface area contributed by atoms with Gasteiger partial charge in [0, 0.05) is 34.1 Å². The second-order valence-corrected chi connectivity index (χ2v) is 12.4. The average Bonchev–Trinajstić information content (AvgIpc) is 2.90. The summed E-state index contributed by atoms with van der Waals surface area (Å²) in [4.78, 5) is 9.30. The van der Waals surface area contributed by atoms with Crippen LogP contribution in [0.25, 0.3) is 22.5 Å². The van der Waals surface area contributed by atoms with Crippen LogP contribution in [0, 0.1) is 0 Å². The lowest BCUT2D eigenvalue weighted by atomic mass is 10.0. The number of fused-ring (bicyclic) bond motifs is 4. The predicted octanol–water partition coefficient (Wildman–Crippen LogP) is 5.78. The summed E-state index contributed by atoms with van der Waals surface area (Å²) in [6.07, 6.45) is 3.58. The van der Waals surface area contributed by atoms with E-state index in [1.54, 1.807) is 12.4 Å². The van der Waals surface area contributed by atoms with Crippen molar-refractivity contribution in [2.75, 3.05) is 0 Å². The van der Waals surface area contributed by atoms with Crippen molar-refractivity contribution in [2.45, 2.75) is 0 Å². The summed E-state index contributed by atoms with van der Waals surface area (Å²) in [6.45, 7) is 0. The van der Waals surface area contributed by atoms with Gasteiger partial charge in [-0.05, 0) is 54.6 Å². The summed E-state index contributed by atoms with van der Waals surface area (Å²) in [7, 11) is 0.